The minimum Gasteiger partial charge on any atom is -0.507 e. The van der Waals surface area contributed by atoms with Gasteiger partial charge in [-0.2, -0.15) is 0 Å². The Morgan fingerprint density at radius 1 is 1.11 bits per heavy atom. The smallest absolute Gasteiger partial charge is 0.317 e. The van der Waals surface area contributed by atoms with E-state index in [4.69, 9.17) is 9.47 Å². The van der Waals surface area contributed by atoms with Gasteiger partial charge in [0.25, 0.3) is 0 Å². The van der Waals surface area contributed by atoms with Crippen LogP contribution in [0.4, 0.5) is 0 Å². The molecule has 1 aliphatic heterocycles. The largest absolute Gasteiger partial charge is 0.507 e. The average molecular weight is 376 g/mol. The van der Waals surface area contributed by atoms with Gasteiger partial charge in [-0.25, -0.2) is 0 Å². The lowest BCUT2D eigenvalue weighted by Crippen LogP contribution is -2.54. The quantitative estimate of drug-likeness (QED) is 0.414. The molecule has 1 aromatic carbocycles. The van der Waals surface area contributed by atoms with Gasteiger partial charge in [-0.1, -0.05) is 34.1 Å². The van der Waals surface area contributed by atoms with Gasteiger partial charge in [0, 0.05) is 29.7 Å². The van der Waals surface area contributed by atoms with Crippen LogP contribution in [0, 0.1) is 11.3 Å². The van der Waals surface area contributed by atoms with Crippen LogP contribution in [-0.2, 0) is 19.7 Å². The van der Waals surface area contributed by atoms with Gasteiger partial charge in [0.1, 0.15) is 23.4 Å². The predicted molar refractivity (Wildman–Crippen MR) is 98.0 cm³/mol. The molecular weight excluding hydrogens is 348 g/mol. The highest BCUT2D eigenvalue weighted by atomic mass is 16.6. The summed E-state index contributed by atoms with van der Waals surface area (Å²) in [7, 11) is 1.52. The molecule has 27 heavy (non-hydrogen) atoms. The normalized spacial score (nSPS) is 33.6. The number of benzene rings is 1. The van der Waals surface area contributed by atoms with E-state index in [-0.39, 0.29) is 40.1 Å². The highest BCUT2D eigenvalue weighted by molar-refractivity contribution is 5.91. The Balaban J connectivity index is 2.13. The number of aromatic hydroxyl groups is 3. The number of fused-ring (bicyclic) bond motifs is 1. The minimum atomic E-state index is -1.06. The lowest BCUT2D eigenvalue weighted by atomic mass is 9.49. The topological polar surface area (TPSA) is 96.2 Å². The van der Waals surface area contributed by atoms with Gasteiger partial charge in [0.15, 0.2) is 11.5 Å². The molecule has 4 rings (SSSR count). The molecule has 4 unspecified atom stereocenters. The number of ether oxygens (including phenoxy) is 2. The summed E-state index contributed by atoms with van der Waals surface area (Å²) in [5.74, 6) is -1.59. The van der Waals surface area contributed by atoms with Crippen molar-refractivity contribution in [2.24, 2.45) is 11.3 Å². The van der Waals surface area contributed by atoms with E-state index in [1.165, 1.54) is 7.11 Å². The molecule has 2 fully saturated rings. The Hall–Kier alpha value is -1.95. The minimum absolute atomic E-state index is 0.105. The fourth-order valence-corrected chi connectivity index (χ4v) is 6.11. The van der Waals surface area contributed by atoms with Crippen LogP contribution >= 0.6 is 0 Å². The third-order valence-electron chi connectivity index (χ3n) is 7.06. The third kappa shape index (κ3) is 2.02. The number of phenolic OH excluding ortho intramolecular Hbond substituents is 3. The molecule has 1 aromatic rings. The number of methoxy groups -OCH3 is 1. The van der Waals surface area contributed by atoms with E-state index in [1.54, 1.807) is 0 Å². The molecule has 6 nitrogen and oxygen atoms in total. The van der Waals surface area contributed by atoms with E-state index in [0.29, 0.717) is 17.5 Å². The fraction of sp³-hybridized carbons (Fsp3) is 0.667. The van der Waals surface area contributed by atoms with Gasteiger partial charge in [0.2, 0.25) is 0 Å². The summed E-state index contributed by atoms with van der Waals surface area (Å²) in [4.78, 5) is 13.2. The summed E-state index contributed by atoms with van der Waals surface area (Å²) in [6, 6.07) is 0. The molecule has 0 radical (unpaired) electrons. The molecule has 0 spiro atoms. The van der Waals surface area contributed by atoms with E-state index in [1.807, 2.05) is 13.8 Å². The summed E-state index contributed by atoms with van der Waals surface area (Å²) in [6.45, 7) is 7.87. The fourth-order valence-electron chi connectivity index (χ4n) is 6.11. The second-order valence-electron chi connectivity index (χ2n) is 9.22. The molecule has 3 N–H and O–H groups in total. The first-order chi connectivity index (χ1) is 12.6. The molecule has 4 atom stereocenters. The summed E-state index contributed by atoms with van der Waals surface area (Å²) in [5.41, 5.74) is -0.319. The average Bonchev–Trinajstić information content (AvgIpc) is 2.82. The van der Waals surface area contributed by atoms with Gasteiger partial charge in [-0.05, 0) is 24.2 Å². The van der Waals surface area contributed by atoms with Crippen LogP contribution in [0.3, 0.4) is 0 Å². The van der Waals surface area contributed by atoms with Crippen LogP contribution in [0.25, 0.3) is 0 Å². The molecule has 2 bridgehead atoms. The molecule has 3 aliphatic rings. The zero-order valence-corrected chi connectivity index (χ0v) is 16.5. The maximum absolute atomic E-state index is 13.2. The Morgan fingerprint density at radius 3 is 2.37 bits per heavy atom. The molecule has 6 heteroatoms. The molecule has 2 aliphatic carbocycles. The molecular formula is C21H28O6. The van der Waals surface area contributed by atoms with Crippen molar-refractivity contribution >= 4 is 5.97 Å². The standard InChI is InChI=1S/C21H28O6/c1-9(2)10-13(22)11-12(15(24)14(10)23)21-8-6-7-20(3,4)18(21)17(16(11)26-5)27-19(21)25/h9,16-18,22-24H,6-8H2,1-5H3. The maximum Gasteiger partial charge on any atom is 0.317 e. The SMILES string of the molecule is COC1c2c(O)c(C(C)C)c(O)c(O)c2C23CCCC(C)(C)C2C1OC3=O. The number of rotatable bonds is 2. The number of hydrogen-bond acceptors (Lipinski definition) is 6. The zero-order chi connectivity index (χ0) is 19.9. The van der Waals surface area contributed by atoms with Crippen LogP contribution in [0.15, 0.2) is 0 Å². The van der Waals surface area contributed by atoms with Crippen LogP contribution in [0.5, 0.6) is 17.2 Å². The lowest BCUT2D eigenvalue weighted by molar-refractivity contribution is -0.149. The van der Waals surface area contributed by atoms with Crippen LogP contribution in [-0.4, -0.2) is 34.5 Å². The van der Waals surface area contributed by atoms with Crippen molar-refractivity contribution in [1.82, 2.24) is 0 Å². The molecule has 148 valence electrons. The Morgan fingerprint density at radius 2 is 1.78 bits per heavy atom. The second kappa shape index (κ2) is 5.53. The monoisotopic (exact) mass is 376 g/mol. The van der Waals surface area contributed by atoms with Crippen LogP contribution < -0.4 is 0 Å². The van der Waals surface area contributed by atoms with Crippen LogP contribution in [0.2, 0.25) is 0 Å². The Bertz CT molecular complexity index is 827. The number of esters is 1. The van der Waals surface area contributed by atoms with E-state index in [2.05, 4.69) is 13.8 Å². The third-order valence-corrected chi connectivity index (χ3v) is 7.06. The maximum atomic E-state index is 13.2. The van der Waals surface area contributed by atoms with E-state index < -0.39 is 23.6 Å². The summed E-state index contributed by atoms with van der Waals surface area (Å²) < 4.78 is 11.5. The van der Waals surface area contributed by atoms with Crippen molar-refractivity contribution in [3.05, 3.63) is 16.7 Å². The van der Waals surface area contributed by atoms with Crippen molar-refractivity contribution < 1.29 is 29.6 Å². The lowest BCUT2D eigenvalue weighted by Gasteiger charge is -2.52. The van der Waals surface area contributed by atoms with Gasteiger partial charge in [-0.3, -0.25) is 4.79 Å². The molecule has 1 saturated carbocycles. The van der Waals surface area contributed by atoms with Crippen molar-refractivity contribution in [1.29, 1.82) is 0 Å². The molecule has 1 saturated heterocycles. The van der Waals surface area contributed by atoms with E-state index in [9.17, 15) is 20.1 Å². The molecule has 0 amide bonds. The van der Waals surface area contributed by atoms with E-state index >= 15 is 0 Å². The zero-order valence-electron chi connectivity index (χ0n) is 16.5. The molecule has 0 aromatic heterocycles. The van der Waals surface area contributed by atoms with Crippen LogP contribution in [0.1, 0.15) is 75.7 Å². The number of hydrogen-bond donors (Lipinski definition) is 3. The first-order valence-electron chi connectivity index (χ1n) is 9.64. The summed E-state index contributed by atoms with van der Waals surface area (Å²) >= 11 is 0. The first-order valence-corrected chi connectivity index (χ1v) is 9.64. The van der Waals surface area contributed by atoms with Crippen molar-refractivity contribution in [2.75, 3.05) is 7.11 Å². The Kier molecular flexibility index (Phi) is 3.77. The highest BCUT2D eigenvalue weighted by Crippen LogP contribution is 2.68. The Labute approximate surface area is 159 Å². The van der Waals surface area contributed by atoms with Gasteiger partial charge in [0.05, 0.1) is 0 Å². The second-order valence-corrected chi connectivity index (χ2v) is 9.22. The van der Waals surface area contributed by atoms with Crippen molar-refractivity contribution in [3.63, 3.8) is 0 Å². The van der Waals surface area contributed by atoms with Gasteiger partial charge in [-0.15, -0.1) is 0 Å². The predicted octanol–water partition coefficient (Wildman–Crippen LogP) is 3.62. The first kappa shape index (κ1) is 18.4. The van der Waals surface area contributed by atoms with Crippen molar-refractivity contribution in [2.45, 2.75) is 70.5 Å². The van der Waals surface area contributed by atoms with Gasteiger partial charge >= 0.3 is 5.97 Å². The number of carbonyl (C=O) groups excluding carboxylic acids is 1. The molecule has 1 heterocycles. The summed E-state index contributed by atoms with van der Waals surface area (Å²) in [6.07, 6.45) is 1.04. The van der Waals surface area contributed by atoms with Gasteiger partial charge < -0.3 is 24.8 Å². The summed E-state index contributed by atoms with van der Waals surface area (Å²) in [5, 5.41) is 32.8. The van der Waals surface area contributed by atoms with E-state index in [0.717, 1.165) is 12.8 Å². The highest BCUT2D eigenvalue weighted by Gasteiger charge is 2.71. The van der Waals surface area contributed by atoms with Crippen molar-refractivity contribution in [3.8, 4) is 17.2 Å². The number of carbonyl (C=O) groups is 1. The number of phenols is 3.